The van der Waals surface area contributed by atoms with Gasteiger partial charge >= 0.3 is 6.18 Å². The Kier molecular flexibility index (Phi) is 6.12. The first-order valence-corrected chi connectivity index (χ1v) is 8.87. The minimum absolute atomic E-state index is 0.115. The van der Waals surface area contributed by atoms with Gasteiger partial charge in [-0.05, 0) is 30.0 Å². The normalized spacial score (nSPS) is 12.9. The van der Waals surface area contributed by atoms with Gasteiger partial charge < -0.3 is 5.32 Å². The third-order valence-corrected chi connectivity index (χ3v) is 5.23. The van der Waals surface area contributed by atoms with E-state index < -0.39 is 11.7 Å². The van der Waals surface area contributed by atoms with Crippen molar-refractivity contribution in [2.75, 3.05) is 0 Å². The SMILES string of the molecule is CC(SCc1cccc(C(F)(F)F)c1)C(=O)NCc1cccs1. The number of thioether (sulfide) groups is 1. The molecule has 0 bridgehead atoms. The van der Waals surface area contributed by atoms with Crippen LogP contribution in [0.15, 0.2) is 41.8 Å². The van der Waals surface area contributed by atoms with Gasteiger partial charge in [0.05, 0.1) is 17.4 Å². The van der Waals surface area contributed by atoms with Crippen LogP contribution in [0.5, 0.6) is 0 Å². The molecule has 0 saturated carbocycles. The summed E-state index contributed by atoms with van der Waals surface area (Å²) in [4.78, 5) is 13.0. The van der Waals surface area contributed by atoms with Crippen LogP contribution in [-0.4, -0.2) is 11.2 Å². The van der Waals surface area contributed by atoms with E-state index in [4.69, 9.17) is 0 Å². The topological polar surface area (TPSA) is 29.1 Å². The highest BCUT2D eigenvalue weighted by Crippen LogP contribution is 2.30. The highest BCUT2D eigenvalue weighted by atomic mass is 32.2. The summed E-state index contributed by atoms with van der Waals surface area (Å²) in [6.45, 7) is 2.23. The number of benzene rings is 1. The predicted molar refractivity (Wildman–Crippen MR) is 88.4 cm³/mol. The Hall–Kier alpha value is -1.47. The summed E-state index contributed by atoms with van der Waals surface area (Å²) in [6, 6.07) is 9.05. The van der Waals surface area contributed by atoms with Crippen LogP contribution in [0.3, 0.4) is 0 Å². The molecular formula is C16H16F3NOS2. The van der Waals surface area contributed by atoms with Gasteiger partial charge in [0.1, 0.15) is 0 Å². The Bertz CT molecular complexity index is 641. The summed E-state index contributed by atoms with van der Waals surface area (Å²) in [6.07, 6.45) is -4.34. The first-order chi connectivity index (χ1) is 10.9. The van der Waals surface area contributed by atoms with Gasteiger partial charge in [0.15, 0.2) is 0 Å². The van der Waals surface area contributed by atoms with Crippen LogP contribution in [-0.2, 0) is 23.3 Å². The molecule has 1 aromatic heterocycles. The Balaban J connectivity index is 1.84. The number of hydrogen-bond acceptors (Lipinski definition) is 3. The molecule has 0 aliphatic carbocycles. The first kappa shape index (κ1) is 17.9. The molecule has 1 unspecified atom stereocenters. The molecule has 0 saturated heterocycles. The number of nitrogens with one attached hydrogen (secondary N) is 1. The second kappa shape index (κ2) is 7.88. The van der Waals surface area contributed by atoms with Crippen molar-refractivity contribution < 1.29 is 18.0 Å². The quantitative estimate of drug-likeness (QED) is 0.810. The number of carbonyl (C=O) groups excluding carboxylic acids is 1. The van der Waals surface area contributed by atoms with Gasteiger partial charge in [-0.1, -0.05) is 24.3 Å². The van der Waals surface area contributed by atoms with Crippen molar-refractivity contribution >= 4 is 29.0 Å². The van der Waals surface area contributed by atoms with E-state index in [1.807, 2.05) is 17.5 Å². The lowest BCUT2D eigenvalue weighted by molar-refractivity contribution is -0.137. The maximum absolute atomic E-state index is 12.7. The smallest absolute Gasteiger partial charge is 0.350 e. The second-order valence-electron chi connectivity index (χ2n) is 4.95. The van der Waals surface area contributed by atoms with Crippen LogP contribution in [0.25, 0.3) is 0 Å². The van der Waals surface area contributed by atoms with Crippen LogP contribution in [0.4, 0.5) is 13.2 Å². The zero-order valence-electron chi connectivity index (χ0n) is 12.4. The molecule has 124 valence electrons. The number of alkyl halides is 3. The van der Waals surface area contributed by atoms with Crippen LogP contribution >= 0.6 is 23.1 Å². The van der Waals surface area contributed by atoms with Gasteiger partial charge in [-0.3, -0.25) is 4.79 Å². The molecule has 1 amide bonds. The third kappa shape index (κ3) is 5.58. The molecule has 23 heavy (non-hydrogen) atoms. The molecule has 2 aromatic rings. The molecular weight excluding hydrogens is 343 g/mol. The maximum atomic E-state index is 12.7. The van der Waals surface area contributed by atoms with Gasteiger partial charge in [0.25, 0.3) is 0 Å². The summed E-state index contributed by atoms with van der Waals surface area (Å²) < 4.78 is 38.0. The first-order valence-electron chi connectivity index (χ1n) is 6.94. The molecule has 1 aromatic carbocycles. The second-order valence-corrected chi connectivity index (χ2v) is 7.31. The van der Waals surface area contributed by atoms with E-state index in [2.05, 4.69) is 5.32 Å². The van der Waals surface area contributed by atoms with Gasteiger partial charge in [-0.25, -0.2) is 0 Å². The molecule has 0 fully saturated rings. The van der Waals surface area contributed by atoms with Crippen LogP contribution in [0.2, 0.25) is 0 Å². The molecule has 0 aliphatic heterocycles. The van der Waals surface area contributed by atoms with E-state index in [9.17, 15) is 18.0 Å². The Morgan fingerprint density at radius 3 is 2.74 bits per heavy atom. The number of hydrogen-bond donors (Lipinski definition) is 1. The van der Waals surface area contributed by atoms with Crippen molar-refractivity contribution in [2.24, 2.45) is 0 Å². The number of rotatable bonds is 6. The highest BCUT2D eigenvalue weighted by Gasteiger charge is 2.30. The summed E-state index contributed by atoms with van der Waals surface area (Å²) in [5.74, 6) is 0.243. The molecule has 0 radical (unpaired) electrons. The van der Waals surface area contributed by atoms with E-state index in [0.29, 0.717) is 17.9 Å². The molecule has 0 aliphatic rings. The van der Waals surface area contributed by atoms with Crippen molar-refractivity contribution in [3.63, 3.8) is 0 Å². The largest absolute Gasteiger partial charge is 0.416 e. The van der Waals surface area contributed by atoms with Crippen molar-refractivity contribution in [3.05, 3.63) is 57.8 Å². The summed E-state index contributed by atoms with van der Waals surface area (Å²) in [5, 5.41) is 4.44. The molecule has 1 atom stereocenters. The lowest BCUT2D eigenvalue weighted by Crippen LogP contribution is -2.30. The number of amides is 1. The average molecular weight is 359 g/mol. The summed E-state index contributed by atoms with van der Waals surface area (Å²) in [5.41, 5.74) is -0.104. The fourth-order valence-corrected chi connectivity index (χ4v) is 3.37. The zero-order valence-corrected chi connectivity index (χ0v) is 14.0. The molecule has 2 nitrogen and oxygen atoms in total. The van der Waals surface area contributed by atoms with E-state index >= 15 is 0 Å². The summed E-state index contributed by atoms with van der Waals surface area (Å²) >= 11 is 2.88. The van der Waals surface area contributed by atoms with Crippen molar-refractivity contribution in [3.8, 4) is 0 Å². The van der Waals surface area contributed by atoms with Crippen LogP contribution < -0.4 is 5.32 Å². The maximum Gasteiger partial charge on any atom is 0.416 e. The van der Waals surface area contributed by atoms with E-state index in [0.717, 1.165) is 17.0 Å². The number of halogens is 3. The minimum atomic E-state index is -4.34. The predicted octanol–water partition coefficient (Wildman–Crippen LogP) is 4.71. The number of carbonyl (C=O) groups is 1. The lowest BCUT2D eigenvalue weighted by atomic mass is 10.1. The fraction of sp³-hybridized carbons (Fsp3) is 0.312. The van der Waals surface area contributed by atoms with Gasteiger partial charge in [0.2, 0.25) is 5.91 Å². The fourth-order valence-electron chi connectivity index (χ4n) is 1.87. The van der Waals surface area contributed by atoms with Gasteiger partial charge in [-0.15, -0.1) is 23.1 Å². The minimum Gasteiger partial charge on any atom is -0.350 e. The molecule has 1 N–H and O–H groups in total. The monoisotopic (exact) mass is 359 g/mol. The molecule has 2 rings (SSSR count). The van der Waals surface area contributed by atoms with Crippen LogP contribution in [0.1, 0.15) is 22.9 Å². The highest BCUT2D eigenvalue weighted by molar-refractivity contribution is 7.99. The van der Waals surface area contributed by atoms with E-state index in [1.165, 1.54) is 17.8 Å². The van der Waals surface area contributed by atoms with E-state index in [1.54, 1.807) is 24.3 Å². The zero-order chi connectivity index (χ0) is 16.9. The molecule has 0 spiro atoms. The third-order valence-electron chi connectivity index (χ3n) is 3.14. The van der Waals surface area contributed by atoms with Crippen molar-refractivity contribution in [1.82, 2.24) is 5.32 Å². The van der Waals surface area contributed by atoms with Crippen molar-refractivity contribution in [1.29, 1.82) is 0 Å². The van der Waals surface area contributed by atoms with E-state index in [-0.39, 0.29) is 11.2 Å². The van der Waals surface area contributed by atoms with Gasteiger partial charge in [-0.2, -0.15) is 13.2 Å². The summed E-state index contributed by atoms with van der Waals surface area (Å²) in [7, 11) is 0. The lowest BCUT2D eigenvalue weighted by Gasteiger charge is -2.12. The molecule has 7 heteroatoms. The standard InChI is InChI=1S/C16H16F3NOS2/c1-11(15(21)20-9-14-6-3-7-22-14)23-10-12-4-2-5-13(8-12)16(17,18)19/h2-8,11H,9-10H2,1H3,(H,20,21). The van der Waals surface area contributed by atoms with Crippen molar-refractivity contribution in [2.45, 2.75) is 30.6 Å². The Labute approximate surface area is 141 Å². The Morgan fingerprint density at radius 1 is 1.30 bits per heavy atom. The Morgan fingerprint density at radius 2 is 2.09 bits per heavy atom. The average Bonchev–Trinajstić information content (AvgIpc) is 3.03. The number of thiophene rings is 1. The van der Waals surface area contributed by atoms with Crippen LogP contribution in [0, 0.1) is 0 Å². The van der Waals surface area contributed by atoms with Gasteiger partial charge in [0, 0.05) is 10.6 Å². The molecule has 1 heterocycles.